The molecule has 0 radical (unpaired) electrons. The number of rotatable bonds is 4. The fourth-order valence-corrected chi connectivity index (χ4v) is 1.77. The van der Waals surface area contributed by atoms with Crippen LogP contribution in [0, 0.1) is 0 Å². The second-order valence-electron chi connectivity index (χ2n) is 4.34. The number of pyridine rings is 1. The first-order valence-corrected chi connectivity index (χ1v) is 6.16. The van der Waals surface area contributed by atoms with Crippen molar-refractivity contribution in [3.8, 4) is 0 Å². The second-order valence-corrected chi connectivity index (χ2v) is 4.34. The van der Waals surface area contributed by atoms with Gasteiger partial charge < -0.3 is 5.73 Å². The third-order valence-corrected chi connectivity index (χ3v) is 2.98. The lowest BCUT2D eigenvalue weighted by atomic mass is 10.1. The molecule has 0 fully saturated rings. The van der Waals surface area contributed by atoms with Crippen LogP contribution in [-0.4, -0.2) is 17.9 Å². The van der Waals surface area contributed by atoms with E-state index in [1.54, 1.807) is 18.1 Å². The highest BCUT2D eigenvalue weighted by Gasteiger charge is 2.12. The van der Waals surface area contributed by atoms with E-state index in [4.69, 9.17) is 5.73 Å². The van der Waals surface area contributed by atoms with E-state index in [2.05, 4.69) is 4.98 Å². The van der Waals surface area contributed by atoms with Crippen LogP contribution in [0.25, 0.3) is 0 Å². The number of nitrogens with zero attached hydrogens (tertiary/aromatic N) is 2. The van der Waals surface area contributed by atoms with E-state index in [9.17, 15) is 4.79 Å². The normalized spacial score (nSPS) is 10.2. The predicted molar refractivity (Wildman–Crippen MR) is 75.7 cm³/mol. The van der Waals surface area contributed by atoms with Gasteiger partial charge in [-0.2, -0.15) is 0 Å². The molecule has 0 saturated heterocycles. The maximum absolute atomic E-state index is 12.1. The molecule has 2 aromatic rings. The smallest absolute Gasteiger partial charge is 0.232 e. The number of nitrogens with two attached hydrogens (primary N) is 1. The Bertz CT molecular complexity index is 537. The van der Waals surface area contributed by atoms with Crippen LogP contribution in [0.2, 0.25) is 0 Å². The molecule has 2 N–H and O–H groups in total. The quantitative estimate of drug-likeness (QED) is 0.905. The van der Waals surface area contributed by atoms with Crippen LogP contribution < -0.4 is 10.6 Å². The number of hydrogen-bond acceptors (Lipinski definition) is 3. The molecule has 4 nitrogen and oxygen atoms in total. The molecule has 0 aliphatic rings. The minimum absolute atomic E-state index is 0.0131. The Morgan fingerprint density at radius 1 is 1.16 bits per heavy atom. The van der Waals surface area contributed by atoms with Crippen LogP contribution in [0.5, 0.6) is 0 Å². The molecule has 0 unspecified atom stereocenters. The number of carbonyl (C=O) groups is 1. The van der Waals surface area contributed by atoms with Gasteiger partial charge >= 0.3 is 0 Å². The summed E-state index contributed by atoms with van der Waals surface area (Å²) >= 11 is 0. The maximum atomic E-state index is 12.1. The van der Waals surface area contributed by atoms with Crippen molar-refractivity contribution in [1.82, 2.24) is 4.98 Å². The number of amides is 1. The highest BCUT2D eigenvalue weighted by molar-refractivity contribution is 5.93. The largest absolute Gasteiger partial charge is 0.326 e. The summed E-state index contributed by atoms with van der Waals surface area (Å²) in [6.45, 7) is 0.516. The Hall–Kier alpha value is -2.20. The summed E-state index contributed by atoms with van der Waals surface area (Å²) < 4.78 is 0. The predicted octanol–water partition coefficient (Wildman–Crippen LogP) is 1.75. The summed E-state index contributed by atoms with van der Waals surface area (Å²) in [5.74, 6) is 0.672. The number of aromatic nitrogens is 1. The topological polar surface area (TPSA) is 59.2 Å². The van der Waals surface area contributed by atoms with Crippen LogP contribution in [0.3, 0.4) is 0 Å². The summed E-state index contributed by atoms with van der Waals surface area (Å²) in [7, 11) is 1.74. The molecule has 1 amide bonds. The first-order valence-electron chi connectivity index (χ1n) is 6.16. The van der Waals surface area contributed by atoms with Gasteiger partial charge in [0.25, 0.3) is 0 Å². The van der Waals surface area contributed by atoms with Crippen molar-refractivity contribution >= 4 is 11.7 Å². The van der Waals surface area contributed by atoms with E-state index in [0.29, 0.717) is 18.8 Å². The highest BCUT2D eigenvalue weighted by Crippen LogP contribution is 2.10. The Morgan fingerprint density at radius 3 is 2.42 bits per heavy atom. The Kier molecular flexibility index (Phi) is 4.26. The minimum Gasteiger partial charge on any atom is -0.326 e. The van der Waals surface area contributed by atoms with E-state index in [1.165, 1.54) is 0 Å². The highest BCUT2D eigenvalue weighted by atomic mass is 16.2. The molecule has 19 heavy (non-hydrogen) atoms. The lowest BCUT2D eigenvalue weighted by Gasteiger charge is -2.16. The van der Waals surface area contributed by atoms with Gasteiger partial charge in [0.05, 0.1) is 6.42 Å². The van der Waals surface area contributed by atoms with Crippen LogP contribution in [0.4, 0.5) is 5.82 Å². The third-order valence-electron chi connectivity index (χ3n) is 2.98. The van der Waals surface area contributed by atoms with Crippen LogP contribution in [-0.2, 0) is 17.8 Å². The molecule has 0 atom stereocenters. The zero-order chi connectivity index (χ0) is 13.7. The molecule has 1 aromatic heterocycles. The number of hydrogen-bond donors (Lipinski definition) is 1. The van der Waals surface area contributed by atoms with Crippen molar-refractivity contribution in [3.63, 3.8) is 0 Å². The van der Waals surface area contributed by atoms with Crippen molar-refractivity contribution in [2.75, 3.05) is 11.9 Å². The van der Waals surface area contributed by atoms with Gasteiger partial charge in [0.15, 0.2) is 0 Å². The van der Waals surface area contributed by atoms with Gasteiger partial charge in [-0.15, -0.1) is 0 Å². The fraction of sp³-hybridized carbons (Fsp3) is 0.200. The van der Waals surface area contributed by atoms with E-state index in [0.717, 1.165) is 11.1 Å². The summed E-state index contributed by atoms with van der Waals surface area (Å²) in [6, 6.07) is 13.3. The molecule has 0 aliphatic carbocycles. The molecule has 1 aromatic carbocycles. The van der Waals surface area contributed by atoms with E-state index in [-0.39, 0.29) is 5.91 Å². The van der Waals surface area contributed by atoms with Gasteiger partial charge in [0.1, 0.15) is 5.82 Å². The maximum Gasteiger partial charge on any atom is 0.232 e. The molecular weight excluding hydrogens is 238 g/mol. The lowest BCUT2D eigenvalue weighted by Crippen LogP contribution is -2.28. The van der Waals surface area contributed by atoms with Gasteiger partial charge in [0.2, 0.25) is 5.91 Å². The van der Waals surface area contributed by atoms with E-state index < -0.39 is 0 Å². The number of benzene rings is 1. The average molecular weight is 255 g/mol. The summed E-state index contributed by atoms with van der Waals surface area (Å²) in [5.41, 5.74) is 7.58. The molecule has 2 rings (SSSR count). The number of anilines is 1. The van der Waals surface area contributed by atoms with Crippen molar-refractivity contribution < 1.29 is 4.79 Å². The first-order chi connectivity index (χ1) is 9.20. The molecule has 98 valence electrons. The SMILES string of the molecule is CN(C(=O)Cc1ccc(CN)cc1)c1ccccn1. The Morgan fingerprint density at radius 2 is 1.84 bits per heavy atom. The first kappa shape index (κ1) is 13.2. The zero-order valence-corrected chi connectivity index (χ0v) is 10.9. The Labute approximate surface area is 112 Å². The van der Waals surface area contributed by atoms with Crippen LogP contribution in [0.15, 0.2) is 48.7 Å². The lowest BCUT2D eigenvalue weighted by molar-refractivity contribution is -0.117. The summed E-state index contributed by atoms with van der Waals surface area (Å²) in [4.78, 5) is 17.9. The number of likely N-dealkylation sites (N-methyl/N-ethyl adjacent to an activating group) is 1. The molecule has 0 aliphatic heterocycles. The second kappa shape index (κ2) is 6.11. The zero-order valence-electron chi connectivity index (χ0n) is 10.9. The minimum atomic E-state index is 0.0131. The monoisotopic (exact) mass is 255 g/mol. The van der Waals surface area contributed by atoms with Gasteiger partial charge in [-0.05, 0) is 23.3 Å². The van der Waals surface area contributed by atoms with Gasteiger partial charge in [-0.3, -0.25) is 9.69 Å². The van der Waals surface area contributed by atoms with Crippen molar-refractivity contribution in [3.05, 3.63) is 59.8 Å². The molecule has 0 bridgehead atoms. The van der Waals surface area contributed by atoms with Crippen molar-refractivity contribution in [2.45, 2.75) is 13.0 Å². The number of carbonyl (C=O) groups excluding carboxylic acids is 1. The molecule has 0 saturated carbocycles. The molecule has 0 spiro atoms. The van der Waals surface area contributed by atoms with Crippen LogP contribution >= 0.6 is 0 Å². The fourth-order valence-electron chi connectivity index (χ4n) is 1.77. The molecule has 1 heterocycles. The van der Waals surface area contributed by atoms with Gasteiger partial charge in [-0.25, -0.2) is 4.98 Å². The van der Waals surface area contributed by atoms with Crippen molar-refractivity contribution in [1.29, 1.82) is 0 Å². The standard InChI is InChI=1S/C15H17N3O/c1-18(14-4-2-3-9-17-14)15(19)10-12-5-7-13(11-16)8-6-12/h2-9H,10-11,16H2,1H3. The Balaban J connectivity index is 2.04. The van der Waals surface area contributed by atoms with Gasteiger partial charge in [-0.1, -0.05) is 30.3 Å². The molecule has 4 heteroatoms. The van der Waals surface area contributed by atoms with Gasteiger partial charge in [0, 0.05) is 19.8 Å². The summed E-state index contributed by atoms with van der Waals surface area (Å²) in [5, 5.41) is 0. The molecular formula is C15H17N3O. The third kappa shape index (κ3) is 3.39. The average Bonchev–Trinajstić information content (AvgIpc) is 2.48. The van der Waals surface area contributed by atoms with E-state index >= 15 is 0 Å². The van der Waals surface area contributed by atoms with Crippen LogP contribution in [0.1, 0.15) is 11.1 Å². The van der Waals surface area contributed by atoms with E-state index in [1.807, 2.05) is 42.5 Å². The summed E-state index contributed by atoms with van der Waals surface area (Å²) in [6.07, 6.45) is 2.03. The van der Waals surface area contributed by atoms with Crippen molar-refractivity contribution in [2.24, 2.45) is 5.73 Å².